The standard InChI is InChI=1S/C18H16O5/c1-10(19)11(2)22-13-5-7-15-14-6-4-12(21-3)8-16(14)18(20)23-17(15)9-13/h4-9,11H,1-3H3/t11-/m0/s1. The fourth-order valence-corrected chi connectivity index (χ4v) is 2.38. The van der Waals surface area contributed by atoms with Gasteiger partial charge in [0.1, 0.15) is 17.1 Å². The van der Waals surface area contributed by atoms with Gasteiger partial charge in [-0.1, -0.05) is 0 Å². The molecule has 1 atom stereocenters. The van der Waals surface area contributed by atoms with Crippen LogP contribution in [0.25, 0.3) is 21.7 Å². The number of ketones is 1. The molecule has 2 aromatic carbocycles. The van der Waals surface area contributed by atoms with E-state index in [4.69, 9.17) is 13.9 Å². The Kier molecular flexibility index (Phi) is 3.78. The summed E-state index contributed by atoms with van der Waals surface area (Å²) in [6.07, 6.45) is -0.552. The lowest BCUT2D eigenvalue weighted by Gasteiger charge is -2.12. The van der Waals surface area contributed by atoms with Gasteiger partial charge in [-0.2, -0.15) is 0 Å². The number of fused-ring (bicyclic) bond motifs is 3. The summed E-state index contributed by atoms with van der Waals surface area (Å²) in [5.74, 6) is 1.01. The minimum Gasteiger partial charge on any atom is -0.497 e. The van der Waals surface area contributed by atoms with E-state index >= 15 is 0 Å². The molecule has 0 aliphatic heterocycles. The summed E-state index contributed by atoms with van der Waals surface area (Å²) in [4.78, 5) is 23.5. The highest BCUT2D eigenvalue weighted by atomic mass is 16.5. The van der Waals surface area contributed by atoms with Gasteiger partial charge < -0.3 is 13.9 Å². The molecule has 0 radical (unpaired) electrons. The third-order valence-corrected chi connectivity index (χ3v) is 3.78. The molecule has 3 aromatic rings. The fraction of sp³-hybridized carbons (Fsp3) is 0.222. The van der Waals surface area contributed by atoms with Crippen LogP contribution in [0.2, 0.25) is 0 Å². The number of hydrogen-bond acceptors (Lipinski definition) is 5. The van der Waals surface area contributed by atoms with Crippen LogP contribution in [0.4, 0.5) is 0 Å². The van der Waals surface area contributed by atoms with Gasteiger partial charge in [0, 0.05) is 16.8 Å². The first-order valence-electron chi connectivity index (χ1n) is 7.21. The van der Waals surface area contributed by atoms with E-state index in [0.29, 0.717) is 22.5 Å². The van der Waals surface area contributed by atoms with Crippen molar-refractivity contribution in [3.63, 3.8) is 0 Å². The van der Waals surface area contributed by atoms with Crippen LogP contribution in [-0.4, -0.2) is 19.0 Å². The molecule has 0 amide bonds. The quantitative estimate of drug-likeness (QED) is 0.546. The van der Waals surface area contributed by atoms with Crippen molar-refractivity contribution in [2.24, 2.45) is 0 Å². The predicted molar refractivity (Wildman–Crippen MR) is 87.3 cm³/mol. The summed E-state index contributed by atoms with van der Waals surface area (Å²) in [5, 5.41) is 2.04. The highest BCUT2D eigenvalue weighted by Crippen LogP contribution is 2.28. The molecule has 0 unspecified atom stereocenters. The third kappa shape index (κ3) is 2.77. The number of ether oxygens (including phenoxy) is 2. The van der Waals surface area contributed by atoms with E-state index in [0.717, 1.165) is 10.8 Å². The largest absolute Gasteiger partial charge is 0.497 e. The van der Waals surface area contributed by atoms with Crippen molar-refractivity contribution in [3.05, 3.63) is 46.8 Å². The summed E-state index contributed by atoms with van der Waals surface area (Å²) in [7, 11) is 1.55. The predicted octanol–water partition coefficient (Wildman–Crippen LogP) is 3.31. The van der Waals surface area contributed by atoms with Crippen LogP contribution in [0.3, 0.4) is 0 Å². The van der Waals surface area contributed by atoms with Gasteiger partial charge in [-0.15, -0.1) is 0 Å². The first-order valence-corrected chi connectivity index (χ1v) is 7.21. The number of Topliss-reactive ketones (excluding diaryl/α,β-unsaturated/α-hetero) is 1. The second-order valence-electron chi connectivity index (χ2n) is 5.33. The number of methoxy groups -OCH3 is 1. The van der Waals surface area contributed by atoms with Gasteiger partial charge in [-0.25, -0.2) is 4.79 Å². The maximum Gasteiger partial charge on any atom is 0.344 e. The van der Waals surface area contributed by atoms with Gasteiger partial charge in [0.05, 0.1) is 12.5 Å². The Balaban J connectivity index is 2.16. The molecule has 0 spiro atoms. The van der Waals surface area contributed by atoms with E-state index in [-0.39, 0.29) is 5.78 Å². The first-order chi connectivity index (χ1) is 11.0. The van der Waals surface area contributed by atoms with Gasteiger partial charge in [0.25, 0.3) is 0 Å². The number of hydrogen-bond donors (Lipinski definition) is 0. The second-order valence-corrected chi connectivity index (χ2v) is 5.33. The highest BCUT2D eigenvalue weighted by molar-refractivity contribution is 6.04. The van der Waals surface area contributed by atoms with Crippen LogP contribution in [0, 0.1) is 0 Å². The fourth-order valence-electron chi connectivity index (χ4n) is 2.38. The summed E-state index contributed by atoms with van der Waals surface area (Å²) >= 11 is 0. The lowest BCUT2D eigenvalue weighted by molar-refractivity contribution is -0.122. The van der Waals surface area contributed by atoms with Crippen molar-refractivity contribution in [2.45, 2.75) is 20.0 Å². The topological polar surface area (TPSA) is 65.7 Å². The van der Waals surface area contributed by atoms with E-state index < -0.39 is 11.7 Å². The first kappa shape index (κ1) is 15.1. The Morgan fingerprint density at radius 1 is 1.04 bits per heavy atom. The molecule has 3 rings (SSSR count). The third-order valence-electron chi connectivity index (χ3n) is 3.78. The normalized spacial score (nSPS) is 12.3. The molecule has 1 heterocycles. The van der Waals surface area contributed by atoms with Crippen molar-refractivity contribution in [1.29, 1.82) is 0 Å². The van der Waals surface area contributed by atoms with Crippen LogP contribution in [0.1, 0.15) is 13.8 Å². The maximum absolute atomic E-state index is 12.2. The summed E-state index contributed by atoms with van der Waals surface area (Å²) in [5.41, 5.74) is -0.0240. The van der Waals surface area contributed by atoms with Crippen LogP contribution in [0.15, 0.2) is 45.6 Å². The van der Waals surface area contributed by atoms with Crippen molar-refractivity contribution >= 4 is 27.5 Å². The molecule has 23 heavy (non-hydrogen) atoms. The Labute approximate surface area is 132 Å². The number of benzene rings is 2. The van der Waals surface area contributed by atoms with Crippen molar-refractivity contribution in [2.75, 3.05) is 7.11 Å². The summed E-state index contributed by atoms with van der Waals surface area (Å²) in [6, 6.07) is 10.5. The Morgan fingerprint density at radius 3 is 2.43 bits per heavy atom. The second kappa shape index (κ2) is 5.76. The van der Waals surface area contributed by atoms with Gasteiger partial charge >= 0.3 is 5.63 Å². The average Bonchev–Trinajstić information content (AvgIpc) is 2.54. The zero-order valence-electron chi connectivity index (χ0n) is 13.1. The molecule has 0 saturated carbocycles. The minimum atomic E-state index is -0.552. The Morgan fingerprint density at radius 2 is 1.74 bits per heavy atom. The van der Waals surface area contributed by atoms with Crippen LogP contribution < -0.4 is 15.1 Å². The van der Waals surface area contributed by atoms with E-state index in [1.54, 1.807) is 38.3 Å². The van der Waals surface area contributed by atoms with Crippen molar-refractivity contribution in [1.82, 2.24) is 0 Å². The van der Waals surface area contributed by atoms with Crippen LogP contribution in [-0.2, 0) is 4.79 Å². The van der Waals surface area contributed by atoms with Crippen LogP contribution in [0.5, 0.6) is 11.5 Å². The molecule has 1 aromatic heterocycles. The molecular weight excluding hydrogens is 296 g/mol. The average molecular weight is 312 g/mol. The summed E-state index contributed by atoms with van der Waals surface area (Å²) in [6.45, 7) is 3.14. The molecule has 5 heteroatoms. The lowest BCUT2D eigenvalue weighted by Crippen LogP contribution is -2.20. The zero-order chi connectivity index (χ0) is 16.6. The number of rotatable bonds is 4. The van der Waals surface area contributed by atoms with Gasteiger partial charge in [0.15, 0.2) is 11.9 Å². The molecule has 0 fully saturated rings. The molecule has 0 saturated heterocycles. The maximum atomic E-state index is 12.2. The van der Waals surface area contributed by atoms with E-state index in [2.05, 4.69) is 0 Å². The SMILES string of the molecule is COc1ccc2c(c1)c(=O)oc1cc(O[C@@H](C)C(C)=O)ccc12. The van der Waals surface area contributed by atoms with Crippen molar-refractivity contribution in [3.8, 4) is 11.5 Å². The van der Waals surface area contributed by atoms with Gasteiger partial charge in [-0.3, -0.25) is 4.79 Å². The van der Waals surface area contributed by atoms with E-state index in [1.807, 2.05) is 12.1 Å². The summed E-state index contributed by atoms with van der Waals surface area (Å²) < 4.78 is 16.1. The van der Waals surface area contributed by atoms with Crippen LogP contribution >= 0.6 is 0 Å². The molecule has 0 aliphatic rings. The molecular formula is C18H16O5. The zero-order valence-corrected chi connectivity index (χ0v) is 13.1. The molecule has 0 bridgehead atoms. The molecule has 118 valence electrons. The van der Waals surface area contributed by atoms with Gasteiger partial charge in [-0.05, 0) is 44.2 Å². The van der Waals surface area contributed by atoms with E-state index in [1.165, 1.54) is 6.92 Å². The minimum absolute atomic E-state index is 0.0721. The Hall–Kier alpha value is -2.82. The highest BCUT2D eigenvalue weighted by Gasteiger charge is 2.12. The van der Waals surface area contributed by atoms with E-state index in [9.17, 15) is 9.59 Å². The van der Waals surface area contributed by atoms with Crippen molar-refractivity contribution < 1.29 is 18.7 Å². The smallest absolute Gasteiger partial charge is 0.344 e. The lowest BCUT2D eigenvalue weighted by atomic mass is 10.1. The molecule has 0 aliphatic carbocycles. The number of carbonyl (C=O) groups is 1. The monoisotopic (exact) mass is 312 g/mol. The molecule has 0 N–H and O–H groups in total. The molecule has 5 nitrogen and oxygen atoms in total. The number of carbonyl (C=O) groups excluding carboxylic acids is 1. The van der Waals surface area contributed by atoms with Gasteiger partial charge in [0.2, 0.25) is 0 Å². The Bertz CT molecular complexity index is 955.